The van der Waals surface area contributed by atoms with E-state index in [1.807, 2.05) is 24.3 Å². The van der Waals surface area contributed by atoms with Crippen molar-refractivity contribution in [3.63, 3.8) is 0 Å². The lowest BCUT2D eigenvalue weighted by molar-refractivity contribution is -0.115. The number of allylic oxidation sites excluding steroid dienone is 2. The first-order valence-electron chi connectivity index (χ1n) is 5.22. The number of halogens is 1. The molecule has 1 unspecified atom stereocenters. The van der Waals surface area contributed by atoms with Gasteiger partial charge in [0.2, 0.25) is 0 Å². The van der Waals surface area contributed by atoms with Gasteiger partial charge in [0.15, 0.2) is 5.78 Å². The normalized spacial score (nSPS) is 20.5. The van der Waals surface area contributed by atoms with Crippen molar-refractivity contribution in [1.29, 1.82) is 0 Å². The number of ether oxygens (including phenoxy) is 1. The maximum Gasteiger partial charge on any atom is 0.157 e. The molecular formula is C13H13ClO2. The van der Waals surface area contributed by atoms with Crippen molar-refractivity contribution in [2.75, 3.05) is 7.11 Å². The summed E-state index contributed by atoms with van der Waals surface area (Å²) in [4.78, 5) is 11.4. The number of rotatable bonds is 2. The van der Waals surface area contributed by atoms with E-state index in [1.54, 1.807) is 7.11 Å². The Balaban J connectivity index is 2.18. The van der Waals surface area contributed by atoms with Crippen molar-refractivity contribution < 1.29 is 9.53 Å². The fourth-order valence-corrected chi connectivity index (χ4v) is 2.26. The largest absolute Gasteiger partial charge is 0.497 e. The molecule has 1 aliphatic carbocycles. The first-order chi connectivity index (χ1) is 7.69. The second-order valence-corrected chi connectivity index (χ2v) is 4.42. The van der Waals surface area contributed by atoms with Crippen molar-refractivity contribution in [3.8, 4) is 5.75 Å². The van der Waals surface area contributed by atoms with Crippen molar-refractivity contribution in [1.82, 2.24) is 0 Å². The molecule has 0 aromatic heterocycles. The molecule has 0 heterocycles. The number of carbonyl (C=O) groups excluding carboxylic acids is 1. The molecule has 16 heavy (non-hydrogen) atoms. The zero-order chi connectivity index (χ0) is 11.5. The molecule has 0 N–H and O–H groups in total. The summed E-state index contributed by atoms with van der Waals surface area (Å²) in [5.41, 5.74) is 1.14. The maximum absolute atomic E-state index is 11.4. The highest BCUT2D eigenvalue weighted by molar-refractivity contribution is 6.31. The summed E-state index contributed by atoms with van der Waals surface area (Å²) in [6, 6.07) is 7.80. The fraction of sp³-hybridized carbons (Fsp3) is 0.308. The van der Waals surface area contributed by atoms with Gasteiger partial charge in [-0.15, -0.1) is 0 Å². The molecule has 2 nitrogen and oxygen atoms in total. The summed E-state index contributed by atoms with van der Waals surface area (Å²) in [6.07, 6.45) is 2.82. The standard InChI is InChI=1S/C13H13ClO2/c1-16-13-4-2-9(3-5-13)10-6-11(14)8-12(15)7-10/h2-5,8,10H,6-7H2,1H3. The van der Waals surface area contributed by atoms with Crippen LogP contribution in [-0.2, 0) is 4.79 Å². The average Bonchev–Trinajstić information content (AvgIpc) is 2.28. The van der Waals surface area contributed by atoms with Gasteiger partial charge in [-0.1, -0.05) is 23.7 Å². The van der Waals surface area contributed by atoms with Gasteiger partial charge in [-0.3, -0.25) is 4.79 Å². The third kappa shape index (κ3) is 2.45. The minimum Gasteiger partial charge on any atom is -0.497 e. The van der Waals surface area contributed by atoms with Crippen molar-refractivity contribution >= 4 is 17.4 Å². The molecule has 0 saturated carbocycles. The van der Waals surface area contributed by atoms with Crippen LogP contribution in [0.2, 0.25) is 0 Å². The van der Waals surface area contributed by atoms with E-state index in [0.717, 1.165) is 17.7 Å². The number of carbonyl (C=O) groups is 1. The van der Waals surface area contributed by atoms with E-state index in [2.05, 4.69) is 0 Å². The van der Waals surface area contributed by atoms with Crippen LogP contribution in [0.15, 0.2) is 35.4 Å². The molecule has 84 valence electrons. The lowest BCUT2D eigenvalue weighted by atomic mass is 9.87. The first-order valence-corrected chi connectivity index (χ1v) is 5.59. The topological polar surface area (TPSA) is 26.3 Å². The van der Waals surface area contributed by atoms with Crippen molar-refractivity contribution in [2.24, 2.45) is 0 Å². The highest BCUT2D eigenvalue weighted by atomic mass is 35.5. The zero-order valence-electron chi connectivity index (χ0n) is 9.07. The van der Waals surface area contributed by atoms with E-state index in [1.165, 1.54) is 6.08 Å². The van der Waals surface area contributed by atoms with Crippen LogP contribution in [-0.4, -0.2) is 12.9 Å². The summed E-state index contributed by atoms with van der Waals surface area (Å²) >= 11 is 5.93. The molecule has 0 saturated heterocycles. The third-order valence-corrected chi connectivity index (χ3v) is 3.06. The number of benzene rings is 1. The smallest absolute Gasteiger partial charge is 0.157 e. The minimum atomic E-state index is 0.108. The Labute approximate surface area is 99.9 Å². The van der Waals surface area contributed by atoms with Gasteiger partial charge in [0.25, 0.3) is 0 Å². The van der Waals surface area contributed by atoms with Gasteiger partial charge in [-0.05, 0) is 36.1 Å². The van der Waals surface area contributed by atoms with Crippen LogP contribution in [0.1, 0.15) is 24.3 Å². The molecule has 0 amide bonds. The van der Waals surface area contributed by atoms with E-state index in [-0.39, 0.29) is 11.7 Å². The van der Waals surface area contributed by atoms with Crippen molar-refractivity contribution in [2.45, 2.75) is 18.8 Å². The maximum atomic E-state index is 11.4. The molecular weight excluding hydrogens is 224 g/mol. The number of ketones is 1. The van der Waals surface area contributed by atoms with Gasteiger partial charge in [-0.2, -0.15) is 0 Å². The molecule has 1 aromatic rings. The summed E-state index contributed by atoms with van der Waals surface area (Å²) in [6.45, 7) is 0. The van der Waals surface area contributed by atoms with Gasteiger partial charge < -0.3 is 4.74 Å². The third-order valence-electron chi connectivity index (χ3n) is 2.79. The average molecular weight is 237 g/mol. The number of hydrogen-bond donors (Lipinski definition) is 0. The Hall–Kier alpha value is -1.28. The van der Waals surface area contributed by atoms with E-state index in [0.29, 0.717) is 11.5 Å². The Bertz CT molecular complexity index is 420. The van der Waals surface area contributed by atoms with Crippen LogP contribution in [0.3, 0.4) is 0 Å². The Morgan fingerprint density at radius 3 is 2.50 bits per heavy atom. The molecule has 0 bridgehead atoms. The van der Waals surface area contributed by atoms with E-state index < -0.39 is 0 Å². The molecule has 1 atom stereocenters. The van der Waals surface area contributed by atoms with Crippen LogP contribution in [0, 0.1) is 0 Å². The van der Waals surface area contributed by atoms with Gasteiger partial charge in [0.1, 0.15) is 5.75 Å². The van der Waals surface area contributed by atoms with E-state index in [4.69, 9.17) is 16.3 Å². The SMILES string of the molecule is COc1ccc(C2CC(=O)C=C(Cl)C2)cc1. The first kappa shape index (κ1) is 11.2. The lowest BCUT2D eigenvalue weighted by Crippen LogP contribution is -2.10. The second kappa shape index (κ2) is 4.71. The molecule has 0 aliphatic heterocycles. The Kier molecular flexibility index (Phi) is 3.30. The minimum absolute atomic E-state index is 0.108. The van der Waals surface area contributed by atoms with Crippen LogP contribution < -0.4 is 4.74 Å². The molecule has 0 fully saturated rings. The number of methoxy groups -OCH3 is 1. The van der Waals surface area contributed by atoms with Gasteiger partial charge in [-0.25, -0.2) is 0 Å². The highest BCUT2D eigenvalue weighted by Gasteiger charge is 2.21. The predicted molar refractivity (Wildman–Crippen MR) is 63.9 cm³/mol. The quantitative estimate of drug-likeness (QED) is 0.788. The number of hydrogen-bond acceptors (Lipinski definition) is 2. The molecule has 1 aromatic carbocycles. The predicted octanol–water partition coefficient (Wildman–Crippen LogP) is 3.26. The molecule has 0 spiro atoms. The summed E-state index contributed by atoms with van der Waals surface area (Å²) in [5.74, 6) is 1.14. The zero-order valence-corrected chi connectivity index (χ0v) is 9.83. The van der Waals surface area contributed by atoms with Crippen molar-refractivity contribution in [3.05, 3.63) is 40.9 Å². The van der Waals surface area contributed by atoms with Crippen LogP contribution >= 0.6 is 11.6 Å². The Morgan fingerprint density at radius 2 is 1.94 bits per heavy atom. The fourth-order valence-electron chi connectivity index (χ4n) is 1.95. The van der Waals surface area contributed by atoms with E-state index in [9.17, 15) is 4.79 Å². The second-order valence-electron chi connectivity index (χ2n) is 3.94. The van der Waals surface area contributed by atoms with Crippen LogP contribution in [0.5, 0.6) is 5.75 Å². The van der Waals surface area contributed by atoms with Crippen LogP contribution in [0.4, 0.5) is 0 Å². The Morgan fingerprint density at radius 1 is 1.25 bits per heavy atom. The van der Waals surface area contributed by atoms with Gasteiger partial charge in [0.05, 0.1) is 7.11 Å². The summed E-state index contributed by atoms with van der Waals surface area (Å²) in [7, 11) is 1.64. The van der Waals surface area contributed by atoms with E-state index >= 15 is 0 Å². The highest BCUT2D eigenvalue weighted by Crippen LogP contribution is 2.33. The molecule has 3 heteroatoms. The molecule has 2 rings (SSSR count). The molecule has 0 radical (unpaired) electrons. The monoisotopic (exact) mass is 236 g/mol. The van der Waals surface area contributed by atoms with Gasteiger partial charge >= 0.3 is 0 Å². The van der Waals surface area contributed by atoms with Crippen LogP contribution in [0.25, 0.3) is 0 Å². The molecule has 1 aliphatic rings. The lowest BCUT2D eigenvalue weighted by Gasteiger charge is -2.19. The summed E-state index contributed by atoms with van der Waals surface area (Å²) in [5, 5.41) is 0.650. The summed E-state index contributed by atoms with van der Waals surface area (Å²) < 4.78 is 5.09. The van der Waals surface area contributed by atoms with Gasteiger partial charge in [0, 0.05) is 11.5 Å².